The van der Waals surface area contributed by atoms with Crippen molar-refractivity contribution in [2.75, 3.05) is 0 Å². The first-order valence-corrected chi connectivity index (χ1v) is 23.9. The fourth-order valence-electron chi connectivity index (χ4n) is 11.3. The van der Waals surface area contributed by atoms with Crippen molar-refractivity contribution >= 4 is 82.4 Å². The van der Waals surface area contributed by atoms with Gasteiger partial charge in [-0.05, 0) is 115 Å². The highest BCUT2D eigenvalue weighted by atomic mass is 15.1. The summed E-state index contributed by atoms with van der Waals surface area (Å²) < 4.78 is 9.16. The lowest BCUT2D eigenvalue weighted by atomic mass is 10.0. The van der Waals surface area contributed by atoms with Gasteiger partial charge in [-0.15, -0.1) is 0 Å². The molecule has 0 radical (unpaired) electrons. The van der Waals surface area contributed by atoms with E-state index in [1.54, 1.807) is 0 Å². The first kappa shape index (κ1) is 38.7. The number of fused-ring (bicyclic) bond motifs is 12. The number of nitrogens with zero attached hydrogens (tertiary/aromatic N) is 8. The van der Waals surface area contributed by atoms with Gasteiger partial charge >= 0.3 is 0 Å². The normalized spacial score (nSPS) is 12.7. The zero-order chi connectivity index (χ0) is 45.9. The molecule has 0 atom stereocenters. The maximum Gasteiger partial charge on any atom is 0.138 e. The Morgan fingerprint density at radius 2 is 0.614 bits per heavy atom. The van der Waals surface area contributed by atoms with Gasteiger partial charge in [-0.25, -0.2) is 19.9 Å². The molecule has 0 amide bonds. The summed E-state index contributed by atoms with van der Waals surface area (Å²) in [6.07, 6.45) is 6.59. The van der Waals surface area contributed by atoms with E-state index in [0.29, 0.717) is 0 Å². The van der Waals surface area contributed by atoms with Crippen LogP contribution in [0.2, 0.25) is 0 Å². The molecule has 0 saturated carbocycles. The molecule has 6 aromatic carbocycles. The Hall–Kier alpha value is -9.40. The van der Waals surface area contributed by atoms with Crippen molar-refractivity contribution < 1.29 is 0 Å². The molecule has 0 spiro atoms. The number of benzene rings is 6. The van der Waals surface area contributed by atoms with Gasteiger partial charge < -0.3 is 0 Å². The van der Waals surface area contributed by atoms with E-state index in [1.165, 1.54) is 32.9 Å². The summed E-state index contributed by atoms with van der Waals surface area (Å²) in [6.45, 7) is 0. The summed E-state index contributed by atoms with van der Waals surface area (Å²) in [4.78, 5) is 21.4. The summed E-state index contributed by atoms with van der Waals surface area (Å²) in [5, 5.41) is 8.25. The van der Waals surface area contributed by atoms with Gasteiger partial charge in [0.2, 0.25) is 0 Å². The topological polar surface area (TPSA) is 71.3 Å². The van der Waals surface area contributed by atoms with Crippen LogP contribution in [0.5, 0.6) is 0 Å². The zero-order valence-electron chi connectivity index (χ0n) is 37.8. The van der Waals surface area contributed by atoms with Crippen molar-refractivity contribution in [1.82, 2.24) is 38.2 Å². The first-order valence-electron chi connectivity index (χ1n) is 23.9. The molecule has 0 saturated heterocycles. The van der Waals surface area contributed by atoms with Crippen molar-refractivity contribution in [3.8, 4) is 46.0 Å². The average Bonchev–Trinajstić information content (AvgIpc) is 4.15. The van der Waals surface area contributed by atoms with Gasteiger partial charge in [0.25, 0.3) is 0 Å². The van der Waals surface area contributed by atoms with Crippen LogP contribution in [0.4, 0.5) is 0 Å². The van der Waals surface area contributed by atoms with Crippen LogP contribution in [-0.4, -0.2) is 38.2 Å². The molecule has 8 nitrogen and oxygen atoms in total. The fraction of sp³-hybridized carbons (Fsp3) is 0.0323. The Labute approximate surface area is 401 Å². The molecule has 328 valence electrons. The molecular weight excluding hydrogens is 857 g/mol. The van der Waals surface area contributed by atoms with Crippen molar-refractivity contribution in [3.05, 3.63) is 224 Å². The monoisotopic (exact) mass is 896 g/mol. The van der Waals surface area contributed by atoms with Gasteiger partial charge in [0.05, 0.1) is 67.1 Å². The molecule has 0 aliphatic heterocycles. The third-order valence-electron chi connectivity index (χ3n) is 14.3. The molecule has 15 rings (SSSR count). The highest BCUT2D eigenvalue weighted by molar-refractivity contribution is 6.19. The van der Waals surface area contributed by atoms with Crippen LogP contribution in [0, 0.1) is 0 Å². The predicted octanol–water partition coefficient (Wildman–Crippen LogP) is 14.8. The molecule has 0 unspecified atom stereocenters. The van der Waals surface area contributed by atoms with Crippen LogP contribution in [0.1, 0.15) is 17.7 Å². The number of aryl methyl sites for hydroxylation is 1. The van der Waals surface area contributed by atoms with Gasteiger partial charge in [-0.3, -0.25) is 18.3 Å². The number of hydrogen-bond donors (Lipinski definition) is 0. The number of aromatic nitrogens is 8. The summed E-state index contributed by atoms with van der Waals surface area (Å²) in [5.41, 5.74) is 13.6. The molecular formula is C62H40N8. The quantitative estimate of drug-likeness (QED) is 0.167. The van der Waals surface area contributed by atoms with Crippen LogP contribution in [0.25, 0.3) is 128 Å². The summed E-state index contributed by atoms with van der Waals surface area (Å²) in [6, 6.07) is 72.7. The molecule has 0 fully saturated rings. The van der Waals surface area contributed by atoms with E-state index in [1.807, 2.05) is 0 Å². The largest absolute Gasteiger partial charge is 0.294 e. The zero-order valence-corrected chi connectivity index (χ0v) is 37.8. The highest BCUT2D eigenvalue weighted by Crippen LogP contribution is 2.40. The van der Waals surface area contributed by atoms with Crippen LogP contribution < -0.4 is 0 Å². The lowest BCUT2D eigenvalue weighted by Crippen LogP contribution is -2.04. The summed E-state index contributed by atoms with van der Waals surface area (Å²) >= 11 is 0. The van der Waals surface area contributed by atoms with E-state index in [-0.39, 0.29) is 0 Å². The summed E-state index contributed by atoms with van der Waals surface area (Å²) in [5.74, 6) is 3.39. The minimum atomic E-state index is 0.799. The van der Waals surface area contributed by atoms with E-state index in [0.717, 1.165) is 114 Å². The molecule has 14 aromatic rings. The van der Waals surface area contributed by atoms with E-state index in [2.05, 4.69) is 237 Å². The van der Waals surface area contributed by atoms with E-state index < -0.39 is 0 Å². The second kappa shape index (κ2) is 15.1. The fourth-order valence-corrected chi connectivity index (χ4v) is 11.3. The van der Waals surface area contributed by atoms with Crippen LogP contribution in [-0.2, 0) is 6.42 Å². The molecule has 1 aliphatic rings. The minimum Gasteiger partial charge on any atom is -0.294 e. The van der Waals surface area contributed by atoms with Crippen molar-refractivity contribution in [1.29, 1.82) is 0 Å². The molecule has 0 N–H and O–H groups in total. The van der Waals surface area contributed by atoms with E-state index >= 15 is 0 Å². The van der Waals surface area contributed by atoms with Gasteiger partial charge in [0, 0.05) is 37.7 Å². The minimum absolute atomic E-state index is 0.799. The highest BCUT2D eigenvalue weighted by Gasteiger charge is 2.22. The van der Waals surface area contributed by atoms with Crippen molar-refractivity contribution in [3.63, 3.8) is 0 Å². The van der Waals surface area contributed by atoms with Crippen LogP contribution in [0.15, 0.2) is 212 Å². The van der Waals surface area contributed by atoms with Crippen molar-refractivity contribution in [2.24, 2.45) is 0 Å². The number of para-hydroxylation sites is 5. The molecule has 0 bridgehead atoms. The van der Waals surface area contributed by atoms with Gasteiger partial charge in [0.1, 0.15) is 23.3 Å². The molecule has 8 heteroatoms. The number of pyridine rings is 4. The second-order valence-electron chi connectivity index (χ2n) is 18.1. The molecule has 8 heterocycles. The van der Waals surface area contributed by atoms with Crippen molar-refractivity contribution in [2.45, 2.75) is 12.8 Å². The maximum absolute atomic E-state index is 5.40. The number of rotatable bonds is 6. The Kier molecular flexibility index (Phi) is 8.32. The second-order valence-corrected chi connectivity index (χ2v) is 18.1. The number of allylic oxidation sites excluding steroid dienone is 1. The maximum atomic E-state index is 5.40. The SMILES string of the molecule is C1=Cc2c(c3ccccc3n2-c2cccc(-c3cccc(-n4c5ccccc5c5cc6c(cc54)c4ccccc4n6-c4cccc(-c5cccc(-n6c7ccccc7c7ccccc76)n5)n4)n3)n2)CC1. The molecule has 8 aromatic heterocycles. The van der Waals surface area contributed by atoms with Gasteiger partial charge in [0.15, 0.2) is 0 Å². The molecule has 70 heavy (non-hydrogen) atoms. The third kappa shape index (κ3) is 5.71. The van der Waals surface area contributed by atoms with E-state index in [4.69, 9.17) is 19.9 Å². The standard InChI is InChI=1S/C62H40N8/c1-7-27-51-39(17-1)40-18-2-8-28-52(40)67(51)59-33-13-23-47(63-59)49-25-15-35-61(65-49)69-55-31-11-5-21-43(55)45-38-58-46(37-57(45)69)44-22-6-12-32-56(44)70(58)62-36-16-26-50(66-62)48-24-14-34-60(64-48)68-53-29-9-3-19-41(53)42-20-4-10-30-54(42)68/h1-3,5-19,21-38H,4,20H2. The Balaban J connectivity index is 0.866. The Morgan fingerprint density at radius 1 is 0.286 bits per heavy atom. The van der Waals surface area contributed by atoms with Crippen LogP contribution in [0.3, 0.4) is 0 Å². The lowest BCUT2D eigenvalue weighted by molar-refractivity contribution is 0.952. The number of hydrogen-bond acceptors (Lipinski definition) is 4. The van der Waals surface area contributed by atoms with Crippen LogP contribution >= 0.6 is 0 Å². The Bertz CT molecular complexity index is 4450. The lowest BCUT2D eigenvalue weighted by Gasteiger charge is -2.13. The van der Waals surface area contributed by atoms with Gasteiger partial charge in [-0.1, -0.05) is 121 Å². The summed E-state index contributed by atoms with van der Waals surface area (Å²) in [7, 11) is 0. The molecule has 1 aliphatic carbocycles. The third-order valence-corrected chi connectivity index (χ3v) is 14.3. The average molecular weight is 897 g/mol. The Morgan fingerprint density at radius 3 is 1.03 bits per heavy atom. The first-order chi connectivity index (χ1) is 34.7. The van der Waals surface area contributed by atoms with E-state index in [9.17, 15) is 0 Å². The predicted molar refractivity (Wildman–Crippen MR) is 286 cm³/mol. The smallest absolute Gasteiger partial charge is 0.138 e. The van der Waals surface area contributed by atoms with Gasteiger partial charge in [-0.2, -0.15) is 0 Å².